The average Bonchev–Trinajstić information content (AvgIpc) is 3.82. The van der Waals surface area contributed by atoms with Gasteiger partial charge in [-0.3, -0.25) is 0 Å². The predicted octanol–water partition coefficient (Wildman–Crippen LogP) is 18.5. The van der Waals surface area contributed by atoms with Crippen LogP contribution in [0.2, 0.25) is 0 Å². The third-order valence-electron chi connectivity index (χ3n) is 11.9. The topological polar surface area (TPSA) is 3.24 Å². The first-order valence-corrected chi connectivity index (χ1v) is 22.4. The Kier molecular flexibility index (Phi) is 12.1. The molecule has 0 bridgehead atoms. The zero-order valence-electron chi connectivity index (χ0n) is 36.5. The summed E-state index contributed by atoms with van der Waals surface area (Å²) in [5, 5.41) is 7.63. The third kappa shape index (κ3) is 7.31. The smallest absolute Gasteiger partial charge is 0.0546 e. The van der Waals surface area contributed by atoms with Crippen LogP contribution in [0.25, 0.3) is 75.1 Å². The van der Waals surface area contributed by atoms with E-state index in [9.17, 15) is 0 Å². The van der Waals surface area contributed by atoms with E-state index < -0.39 is 0 Å². The molecule has 9 aromatic carbocycles. The Morgan fingerprint density at radius 3 is 1.81 bits per heavy atom. The van der Waals surface area contributed by atoms with Gasteiger partial charge in [0, 0.05) is 42.3 Å². The molecule has 0 saturated carbocycles. The van der Waals surface area contributed by atoms with Crippen LogP contribution in [0.4, 0.5) is 17.1 Å². The molecule has 0 radical (unpaired) electrons. The maximum atomic E-state index is 3.36. The Bertz CT molecular complexity index is 3190. The van der Waals surface area contributed by atoms with E-state index in [-0.39, 0.29) is 5.41 Å². The maximum Gasteiger partial charge on any atom is 0.0546 e. The van der Waals surface area contributed by atoms with Crippen LogP contribution in [0.15, 0.2) is 214 Å². The van der Waals surface area contributed by atoms with E-state index in [1.165, 1.54) is 91.9 Å². The summed E-state index contributed by atoms with van der Waals surface area (Å²) >= 11 is 1.89. The minimum absolute atomic E-state index is 0.103. The summed E-state index contributed by atoms with van der Waals surface area (Å²) in [6.45, 7) is 20.0. The Hall–Kier alpha value is -7.00. The predicted molar refractivity (Wildman–Crippen MR) is 276 cm³/mol. The van der Waals surface area contributed by atoms with E-state index in [1.807, 2.05) is 32.1 Å². The second-order valence-corrected chi connectivity index (χ2v) is 16.8. The van der Waals surface area contributed by atoms with E-state index in [0.717, 1.165) is 11.4 Å². The summed E-state index contributed by atoms with van der Waals surface area (Å²) < 4.78 is 2.64. The molecular weight excluding hydrogens is 767 g/mol. The Balaban J connectivity index is 0.000000717. The highest BCUT2D eigenvalue weighted by Crippen LogP contribution is 2.51. The van der Waals surface area contributed by atoms with Crippen molar-refractivity contribution in [3.63, 3.8) is 0 Å². The number of nitrogens with zero attached hydrogens (tertiary/aromatic N) is 1. The number of thiophene rings is 1. The van der Waals surface area contributed by atoms with Gasteiger partial charge in [0.05, 0.1) is 5.69 Å². The summed E-state index contributed by atoms with van der Waals surface area (Å²) in [6, 6.07) is 69.6. The fourth-order valence-electron chi connectivity index (χ4n) is 9.10. The van der Waals surface area contributed by atoms with Crippen LogP contribution in [0, 0.1) is 0 Å². The Labute approximate surface area is 371 Å². The number of hydrogen-bond donors (Lipinski definition) is 0. The number of hydrogen-bond acceptors (Lipinski definition) is 2. The van der Waals surface area contributed by atoms with Crippen molar-refractivity contribution in [3.05, 3.63) is 225 Å². The van der Waals surface area contributed by atoms with Gasteiger partial charge in [-0.05, 0) is 110 Å². The van der Waals surface area contributed by atoms with Gasteiger partial charge < -0.3 is 4.90 Å². The lowest BCUT2D eigenvalue weighted by atomic mass is 9.82. The quantitative estimate of drug-likeness (QED) is 0.123. The van der Waals surface area contributed by atoms with Gasteiger partial charge >= 0.3 is 0 Å². The molecular formula is C60H53NS. The largest absolute Gasteiger partial charge is 0.310 e. The molecule has 0 fully saturated rings. The van der Waals surface area contributed by atoms with E-state index >= 15 is 0 Å². The molecule has 0 aliphatic heterocycles. The molecule has 1 nitrogen and oxygen atoms in total. The van der Waals surface area contributed by atoms with Gasteiger partial charge in [-0.1, -0.05) is 179 Å². The number of anilines is 3. The van der Waals surface area contributed by atoms with Crippen molar-refractivity contribution in [1.29, 1.82) is 0 Å². The van der Waals surface area contributed by atoms with Gasteiger partial charge in [-0.15, -0.1) is 31.1 Å². The zero-order chi connectivity index (χ0) is 43.4. The van der Waals surface area contributed by atoms with Crippen molar-refractivity contribution in [2.45, 2.75) is 40.0 Å². The standard InChI is InChI=1S/C53H37NS.C3H6.C2H6.C2H4/c1-53(2)48-22-11-10-18-43(48)44-29-28-39(33-49(44)53)54(50-32-37-15-6-7-16-40(37)42-17-8-9-19-45(42)50)38-26-23-35(24-27-38)41-20-12-21-46-47-31-36(34-13-4-3-5-14-34)25-30-51(47)55-52(41)46;1-3-2;2*1-2/h3-33H,1-2H3;3H,1H2,2H3;1-2H3;1-2H2. The van der Waals surface area contributed by atoms with E-state index in [1.54, 1.807) is 6.08 Å². The first-order chi connectivity index (χ1) is 30.4. The molecule has 0 atom stereocenters. The van der Waals surface area contributed by atoms with Gasteiger partial charge in [0.2, 0.25) is 0 Å². The second kappa shape index (κ2) is 17.9. The van der Waals surface area contributed by atoms with E-state index in [0.29, 0.717) is 0 Å². The first kappa shape index (κ1) is 41.7. The average molecular weight is 820 g/mol. The van der Waals surface area contributed by atoms with Gasteiger partial charge in [0.25, 0.3) is 0 Å². The van der Waals surface area contributed by atoms with Gasteiger partial charge in [0.1, 0.15) is 0 Å². The zero-order valence-corrected chi connectivity index (χ0v) is 37.3. The molecule has 0 saturated heterocycles. The molecule has 1 aromatic heterocycles. The van der Waals surface area contributed by atoms with Gasteiger partial charge in [-0.25, -0.2) is 0 Å². The van der Waals surface area contributed by atoms with Crippen LogP contribution in [-0.2, 0) is 5.41 Å². The van der Waals surface area contributed by atoms with Crippen LogP contribution in [-0.4, -0.2) is 0 Å². The fraction of sp³-hybridized carbons (Fsp3) is 0.100. The molecule has 1 aliphatic rings. The SMILES string of the molecule is C=C.C=CC.CC.CC1(C)c2ccccc2-c2ccc(N(c3ccc(-c4cccc5c4sc4ccc(-c6ccccc6)cc45)cc3)c3cc4ccccc4c4ccccc34)cc21. The monoisotopic (exact) mass is 819 g/mol. The Morgan fingerprint density at radius 2 is 1.05 bits per heavy atom. The molecule has 62 heavy (non-hydrogen) atoms. The van der Waals surface area contributed by atoms with Crippen molar-refractivity contribution >= 4 is 70.1 Å². The lowest BCUT2D eigenvalue weighted by molar-refractivity contribution is 0.660. The number of rotatable bonds is 5. The van der Waals surface area contributed by atoms with Crippen molar-refractivity contribution < 1.29 is 0 Å². The van der Waals surface area contributed by atoms with Gasteiger partial charge in [-0.2, -0.15) is 0 Å². The molecule has 304 valence electrons. The van der Waals surface area contributed by atoms with Crippen molar-refractivity contribution in [2.75, 3.05) is 4.90 Å². The summed E-state index contributed by atoms with van der Waals surface area (Å²) in [5.41, 5.74) is 13.8. The number of benzene rings is 9. The number of allylic oxidation sites excluding steroid dienone is 1. The number of fused-ring (bicyclic) bond motifs is 9. The molecule has 10 aromatic rings. The second-order valence-electron chi connectivity index (χ2n) is 15.7. The van der Waals surface area contributed by atoms with Crippen molar-refractivity contribution in [1.82, 2.24) is 0 Å². The van der Waals surface area contributed by atoms with Crippen LogP contribution in [0.3, 0.4) is 0 Å². The van der Waals surface area contributed by atoms with Crippen molar-refractivity contribution in [2.24, 2.45) is 0 Å². The summed E-state index contributed by atoms with van der Waals surface area (Å²) in [6.07, 6.45) is 1.75. The van der Waals surface area contributed by atoms with Gasteiger partial charge in [0.15, 0.2) is 0 Å². The van der Waals surface area contributed by atoms with E-state index in [2.05, 4.69) is 227 Å². The lowest BCUT2D eigenvalue weighted by Gasteiger charge is -2.29. The highest BCUT2D eigenvalue weighted by molar-refractivity contribution is 7.26. The molecule has 0 spiro atoms. The lowest BCUT2D eigenvalue weighted by Crippen LogP contribution is -2.16. The molecule has 0 unspecified atom stereocenters. The first-order valence-electron chi connectivity index (χ1n) is 21.6. The highest BCUT2D eigenvalue weighted by atomic mass is 32.1. The maximum absolute atomic E-state index is 3.36. The minimum Gasteiger partial charge on any atom is -0.310 e. The summed E-state index contributed by atoms with van der Waals surface area (Å²) in [5.74, 6) is 0. The summed E-state index contributed by atoms with van der Waals surface area (Å²) in [4.78, 5) is 2.48. The van der Waals surface area contributed by atoms with Crippen LogP contribution < -0.4 is 4.90 Å². The molecule has 1 heterocycles. The minimum atomic E-state index is -0.103. The summed E-state index contributed by atoms with van der Waals surface area (Å²) in [7, 11) is 0. The normalized spacial score (nSPS) is 12.0. The molecule has 1 aliphatic carbocycles. The van der Waals surface area contributed by atoms with E-state index in [4.69, 9.17) is 0 Å². The molecule has 2 heteroatoms. The highest BCUT2D eigenvalue weighted by Gasteiger charge is 2.36. The van der Waals surface area contributed by atoms with Crippen LogP contribution in [0.1, 0.15) is 45.7 Å². The van der Waals surface area contributed by atoms with Crippen LogP contribution in [0.5, 0.6) is 0 Å². The third-order valence-corrected chi connectivity index (χ3v) is 13.1. The fourth-order valence-corrected chi connectivity index (χ4v) is 10.3. The van der Waals surface area contributed by atoms with Crippen molar-refractivity contribution in [3.8, 4) is 33.4 Å². The molecule has 11 rings (SSSR count). The van der Waals surface area contributed by atoms with Crippen LogP contribution >= 0.6 is 11.3 Å². The molecule has 0 amide bonds. The Morgan fingerprint density at radius 1 is 0.468 bits per heavy atom. The molecule has 0 N–H and O–H groups in total.